The number of carboxylic acid groups (broad SMARTS) is 1. The molecule has 0 atom stereocenters. The average molecular weight is 336 g/mol. The SMILES string of the molecule is COc1cc(C)c2cc(-c3ccc(C(=O)O)c(CO)c3)ccc2c1C. The third-order valence-corrected chi connectivity index (χ3v) is 4.62. The van der Waals surface area contributed by atoms with Gasteiger partial charge in [0, 0.05) is 0 Å². The molecule has 0 amide bonds. The third-order valence-electron chi connectivity index (χ3n) is 4.62. The zero-order chi connectivity index (χ0) is 18.1. The van der Waals surface area contributed by atoms with E-state index in [-0.39, 0.29) is 12.2 Å². The Morgan fingerprint density at radius 3 is 2.32 bits per heavy atom. The molecule has 0 radical (unpaired) electrons. The average Bonchev–Trinajstić information content (AvgIpc) is 2.63. The first kappa shape index (κ1) is 17.0. The van der Waals surface area contributed by atoms with Gasteiger partial charge in [-0.15, -0.1) is 0 Å². The van der Waals surface area contributed by atoms with Crippen molar-refractivity contribution in [2.75, 3.05) is 7.11 Å². The van der Waals surface area contributed by atoms with E-state index in [1.807, 2.05) is 26.0 Å². The van der Waals surface area contributed by atoms with Gasteiger partial charge in [0.1, 0.15) is 5.75 Å². The normalized spacial score (nSPS) is 10.9. The molecule has 25 heavy (non-hydrogen) atoms. The molecule has 128 valence electrons. The molecule has 3 aromatic carbocycles. The fourth-order valence-corrected chi connectivity index (χ4v) is 3.22. The van der Waals surface area contributed by atoms with Crippen molar-refractivity contribution in [1.82, 2.24) is 0 Å². The molecule has 0 aliphatic heterocycles. The van der Waals surface area contributed by atoms with Gasteiger partial charge in [-0.1, -0.05) is 18.2 Å². The Kier molecular flexibility index (Phi) is 4.47. The van der Waals surface area contributed by atoms with Crippen LogP contribution in [0.5, 0.6) is 5.75 Å². The summed E-state index contributed by atoms with van der Waals surface area (Å²) in [6.45, 7) is 3.77. The summed E-state index contributed by atoms with van der Waals surface area (Å²) < 4.78 is 5.43. The van der Waals surface area contributed by atoms with E-state index in [0.717, 1.165) is 38.8 Å². The lowest BCUT2D eigenvalue weighted by Gasteiger charge is -2.13. The number of benzene rings is 3. The molecule has 0 bridgehead atoms. The fourth-order valence-electron chi connectivity index (χ4n) is 3.22. The predicted octanol–water partition coefficient (Wildman–Crippen LogP) is 4.32. The topological polar surface area (TPSA) is 66.8 Å². The number of methoxy groups -OCH3 is 1. The second kappa shape index (κ2) is 6.57. The van der Waals surface area contributed by atoms with Gasteiger partial charge in [0.25, 0.3) is 0 Å². The molecular weight excluding hydrogens is 316 g/mol. The number of hydrogen-bond acceptors (Lipinski definition) is 3. The molecule has 0 spiro atoms. The number of ether oxygens (including phenoxy) is 1. The van der Waals surface area contributed by atoms with Crippen molar-refractivity contribution in [1.29, 1.82) is 0 Å². The van der Waals surface area contributed by atoms with Crippen LogP contribution in [0.25, 0.3) is 21.9 Å². The van der Waals surface area contributed by atoms with Crippen LogP contribution in [-0.4, -0.2) is 23.3 Å². The van der Waals surface area contributed by atoms with E-state index in [4.69, 9.17) is 4.74 Å². The van der Waals surface area contributed by atoms with Gasteiger partial charge in [-0.05, 0) is 76.7 Å². The highest BCUT2D eigenvalue weighted by atomic mass is 16.5. The summed E-state index contributed by atoms with van der Waals surface area (Å²) in [6, 6.07) is 13.2. The van der Waals surface area contributed by atoms with Crippen molar-refractivity contribution in [3.8, 4) is 16.9 Å². The van der Waals surface area contributed by atoms with Crippen LogP contribution in [0.3, 0.4) is 0 Å². The Morgan fingerprint density at radius 1 is 1.00 bits per heavy atom. The van der Waals surface area contributed by atoms with E-state index in [2.05, 4.69) is 12.1 Å². The molecule has 4 nitrogen and oxygen atoms in total. The first-order valence-corrected chi connectivity index (χ1v) is 8.01. The second-order valence-corrected chi connectivity index (χ2v) is 6.12. The maximum Gasteiger partial charge on any atom is 0.336 e. The molecule has 0 saturated carbocycles. The molecule has 0 aliphatic rings. The van der Waals surface area contributed by atoms with Gasteiger partial charge in [-0.3, -0.25) is 0 Å². The van der Waals surface area contributed by atoms with Crippen molar-refractivity contribution < 1.29 is 19.7 Å². The zero-order valence-electron chi connectivity index (χ0n) is 14.5. The Balaban J connectivity index is 2.17. The quantitative estimate of drug-likeness (QED) is 0.744. The summed E-state index contributed by atoms with van der Waals surface area (Å²) in [6.07, 6.45) is 0. The van der Waals surface area contributed by atoms with Gasteiger partial charge in [-0.2, -0.15) is 0 Å². The fraction of sp³-hybridized carbons (Fsp3) is 0.190. The van der Waals surface area contributed by atoms with Crippen molar-refractivity contribution >= 4 is 16.7 Å². The number of carbonyl (C=O) groups is 1. The second-order valence-electron chi connectivity index (χ2n) is 6.12. The molecule has 0 aliphatic carbocycles. The summed E-state index contributed by atoms with van der Waals surface area (Å²) >= 11 is 0. The Hall–Kier alpha value is -2.85. The number of aryl methyl sites for hydroxylation is 2. The lowest BCUT2D eigenvalue weighted by Crippen LogP contribution is -2.02. The van der Waals surface area contributed by atoms with Crippen LogP contribution in [0.1, 0.15) is 27.0 Å². The molecule has 0 saturated heterocycles. The van der Waals surface area contributed by atoms with Crippen molar-refractivity contribution in [3.05, 3.63) is 64.7 Å². The van der Waals surface area contributed by atoms with Crippen LogP contribution >= 0.6 is 0 Å². The van der Waals surface area contributed by atoms with E-state index < -0.39 is 5.97 Å². The number of fused-ring (bicyclic) bond motifs is 1. The number of rotatable bonds is 4. The van der Waals surface area contributed by atoms with Crippen molar-refractivity contribution in [3.63, 3.8) is 0 Å². The third kappa shape index (κ3) is 2.96. The van der Waals surface area contributed by atoms with E-state index in [1.54, 1.807) is 25.3 Å². The van der Waals surface area contributed by atoms with Crippen LogP contribution in [-0.2, 0) is 6.61 Å². The Morgan fingerprint density at radius 2 is 1.68 bits per heavy atom. The number of aliphatic hydroxyl groups is 1. The standard InChI is InChI=1S/C21H20O4/c1-12-8-20(25-3)13(2)17-6-4-15(10-19(12)17)14-5-7-18(21(23)24)16(9-14)11-22/h4-10,22H,11H2,1-3H3,(H,23,24). The number of carboxylic acids is 1. The van der Waals surface area contributed by atoms with Crippen molar-refractivity contribution in [2.24, 2.45) is 0 Å². The van der Waals surface area contributed by atoms with E-state index in [1.165, 1.54) is 0 Å². The molecule has 3 rings (SSSR count). The molecular formula is C21H20O4. The maximum absolute atomic E-state index is 11.2. The monoisotopic (exact) mass is 336 g/mol. The summed E-state index contributed by atoms with van der Waals surface area (Å²) in [4.78, 5) is 11.2. The van der Waals surface area contributed by atoms with Gasteiger partial charge in [-0.25, -0.2) is 4.79 Å². The summed E-state index contributed by atoms with van der Waals surface area (Å²) in [5.74, 6) is -0.168. The summed E-state index contributed by atoms with van der Waals surface area (Å²) in [5.41, 5.74) is 4.60. The van der Waals surface area contributed by atoms with Crippen LogP contribution in [0, 0.1) is 13.8 Å². The molecule has 4 heteroatoms. The number of aliphatic hydroxyl groups excluding tert-OH is 1. The first-order chi connectivity index (χ1) is 12.0. The lowest BCUT2D eigenvalue weighted by molar-refractivity contribution is 0.0693. The number of hydrogen-bond donors (Lipinski definition) is 2. The minimum atomic E-state index is -1.03. The smallest absolute Gasteiger partial charge is 0.336 e. The van der Waals surface area contributed by atoms with Gasteiger partial charge >= 0.3 is 5.97 Å². The molecule has 2 N–H and O–H groups in total. The molecule has 0 unspecified atom stereocenters. The highest BCUT2D eigenvalue weighted by Gasteiger charge is 2.12. The molecule has 0 heterocycles. The van der Waals surface area contributed by atoms with Gasteiger partial charge < -0.3 is 14.9 Å². The van der Waals surface area contributed by atoms with Crippen LogP contribution < -0.4 is 4.74 Å². The summed E-state index contributed by atoms with van der Waals surface area (Å²) in [7, 11) is 1.67. The number of aromatic carboxylic acids is 1. The minimum Gasteiger partial charge on any atom is -0.496 e. The lowest BCUT2D eigenvalue weighted by atomic mass is 9.94. The van der Waals surface area contributed by atoms with Gasteiger partial charge in [0.05, 0.1) is 19.3 Å². The van der Waals surface area contributed by atoms with Crippen molar-refractivity contribution in [2.45, 2.75) is 20.5 Å². The Bertz CT molecular complexity index is 973. The predicted molar refractivity (Wildman–Crippen MR) is 98.3 cm³/mol. The van der Waals surface area contributed by atoms with Crippen LogP contribution in [0.4, 0.5) is 0 Å². The van der Waals surface area contributed by atoms with Crippen LogP contribution in [0.15, 0.2) is 42.5 Å². The Labute approximate surface area is 146 Å². The molecule has 3 aromatic rings. The highest BCUT2D eigenvalue weighted by Crippen LogP contribution is 2.33. The first-order valence-electron chi connectivity index (χ1n) is 8.01. The zero-order valence-corrected chi connectivity index (χ0v) is 14.5. The van der Waals surface area contributed by atoms with Gasteiger partial charge in [0.2, 0.25) is 0 Å². The summed E-state index contributed by atoms with van der Waals surface area (Å²) in [5, 5.41) is 20.9. The molecule has 0 fully saturated rings. The largest absolute Gasteiger partial charge is 0.496 e. The van der Waals surface area contributed by atoms with Crippen LogP contribution in [0.2, 0.25) is 0 Å². The molecule has 0 aromatic heterocycles. The van der Waals surface area contributed by atoms with E-state index >= 15 is 0 Å². The van der Waals surface area contributed by atoms with Gasteiger partial charge in [0.15, 0.2) is 0 Å². The minimum absolute atomic E-state index is 0.129. The van der Waals surface area contributed by atoms with E-state index in [0.29, 0.717) is 5.56 Å². The maximum atomic E-state index is 11.2. The highest BCUT2D eigenvalue weighted by molar-refractivity contribution is 5.94. The van der Waals surface area contributed by atoms with E-state index in [9.17, 15) is 15.0 Å².